The van der Waals surface area contributed by atoms with Crippen molar-refractivity contribution in [1.82, 2.24) is 52.3 Å². The van der Waals surface area contributed by atoms with Crippen LogP contribution in [-0.4, -0.2) is 197 Å². The van der Waals surface area contributed by atoms with Crippen LogP contribution in [0.3, 0.4) is 0 Å². The average molecular weight is 1360 g/mol. The Hall–Kier alpha value is -8.91. The molecule has 32 heteroatoms. The van der Waals surface area contributed by atoms with Gasteiger partial charge in [0.25, 0.3) is 0 Å². The molecule has 0 spiro atoms. The normalized spacial score (nSPS) is 17.1. The van der Waals surface area contributed by atoms with Crippen LogP contribution in [0.25, 0.3) is 0 Å². The van der Waals surface area contributed by atoms with E-state index in [1.54, 1.807) is 60.7 Å². The van der Waals surface area contributed by atoms with E-state index in [-0.39, 0.29) is 83.0 Å². The molecule has 2 aromatic carbocycles. The summed E-state index contributed by atoms with van der Waals surface area (Å²) in [6.07, 6.45) is 3.05. The molecule has 0 radical (unpaired) electrons. The van der Waals surface area contributed by atoms with E-state index in [2.05, 4.69) is 47.5 Å². The summed E-state index contributed by atoms with van der Waals surface area (Å²) in [6, 6.07) is 5.88. The van der Waals surface area contributed by atoms with Gasteiger partial charge >= 0.3 is 0 Å². The number of likely N-dealkylation sites (tertiary alicyclic amines) is 2. The molecule has 0 aromatic heterocycles. The molecule has 2 fully saturated rings. The van der Waals surface area contributed by atoms with E-state index in [9.17, 15) is 62.3 Å². The predicted molar refractivity (Wildman–Crippen MR) is 360 cm³/mol. The topological polar surface area (TPSA) is 519 Å². The molecule has 96 heavy (non-hydrogen) atoms. The highest BCUT2D eigenvalue weighted by molar-refractivity contribution is 7.98. The molecule has 2 aromatic rings. The number of nitrogens with two attached hydrogens (primary N) is 7. The van der Waals surface area contributed by atoms with Crippen LogP contribution in [0.4, 0.5) is 0 Å². The molecule has 530 valence electrons. The number of primary amides is 3. The van der Waals surface area contributed by atoms with Gasteiger partial charge in [-0.25, -0.2) is 0 Å². The average Bonchev–Trinajstić information content (AvgIpc) is 1.54. The first kappa shape index (κ1) is 79.5. The van der Waals surface area contributed by atoms with Crippen LogP contribution >= 0.6 is 11.8 Å². The van der Waals surface area contributed by atoms with Crippen LogP contribution in [0.15, 0.2) is 65.7 Å². The molecule has 2 aliphatic rings. The van der Waals surface area contributed by atoms with E-state index in [1.807, 2.05) is 20.1 Å². The second-order valence-electron chi connectivity index (χ2n) is 24.8. The number of guanidine groups is 1. The lowest BCUT2D eigenvalue weighted by Crippen LogP contribution is -2.64. The van der Waals surface area contributed by atoms with E-state index < -0.39 is 169 Å². The van der Waals surface area contributed by atoms with Crippen LogP contribution in [0, 0.1) is 5.92 Å². The van der Waals surface area contributed by atoms with Gasteiger partial charge in [0.05, 0.1) is 12.6 Å². The summed E-state index contributed by atoms with van der Waals surface area (Å²) < 4.78 is 0. The summed E-state index contributed by atoms with van der Waals surface area (Å²) in [5.74, 6) is -9.86. The van der Waals surface area contributed by atoms with Crippen molar-refractivity contribution in [3.63, 3.8) is 0 Å². The Labute approximate surface area is 564 Å². The van der Waals surface area contributed by atoms with Crippen molar-refractivity contribution >= 4 is 94.5 Å². The molecule has 0 unspecified atom stereocenters. The van der Waals surface area contributed by atoms with Gasteiger partial charge < -0.3 is 92.5 Å². The molecular formula is C64H100N18O13S. The smallest absolute Gasteiger partial charge is 0.246 e. The number of hydrogen-bond donors (Lipinski definition) is 15. The van der Waals surface area contributed by atoms with Gasteiger partial charge in [-0.15, -0.1) is 0 Å². The number of benzene rings is 2. The molecule has 2 aliphatic heterocycles. The number of amides is 13. The molecular weight excluding hydrogens is 1260 g/mol. The molecule has 10 atom stereocenters. The van der Waals surface area contributed by atoms with Crippen molar-refractivity contribution in [2.24, 2.45) is 51.0 Å². The maximum atomic E-state index is 14.9. The van der Waals surface area contributed by atoms with Crippen molar-refractivity contribution < 1.29 is 62.3 Å². The third kappa shape index (κ3) is 26.7. The minimum atomic E-state index is -1.87. The van der Waals surface area contributed by atoms with Gasteiger partial charge in [-0.1, -0.05) is 74.5 Å². The molecule has 2 heterocycles. The van der Waals surface area contributed by atoms with E-state index >= 15 is 0 Å². The Balaban J connectivity index is 1.58. The van der Waals surface area contributed by atoms with E-state index in [0.29, 0.717) is 55.4 Å². The molecule has 0 saturated carbocycles. The Morgan fingerprint density at radius 3 is 1.65 bits per heavy atom. The minimum absolute atomic E-state index is 0.0720. The number of hydrogen-bond acceptors (Lipinski definition) is 17. The number of nitrogens with zero attached hydrogens (tertiary/aromatic N) is 3. The summed E-state index contributed by atoms with van der Waals surface area (Å²) in [4.78, 5) is 186. The van der Waals surface area contributed by atoms with Crippen molar-refractivity contribution in [3.8, 4) is 0 Å². The van der Waals surface area contributed by atoms with E-state index in [1.165, 1.54) is 28.5 Å². The van der Waals surface area contributed by atoms with Gasteiger partial charge in [0, 0.05) is 45.3 Å². The van der Waals surface area contributed by atoms with Gasteiger partial charge in [-0.05, 0) is 126 Å². The molecule has 0 aliphatic carbocycles. The monoisotopic (exact) mass is 1360 g/mol. The molecule has 4 rings (SSSR count). The Morgan fingerprint density at radius 1 is 0.594 bits per heavy atom. The van der Waals surface area contributed by atoms with E-state index in [4.69, 9.17) is 40.1 Å². The summed E-state index contributed by atoms with van der Waals surface area (Å²) >= 11 is 1.45. The summed E-state index contributed by atoms with van der Waals surface area (Å²) in [5.41, 5.74) is 38.8. The van der Waals surface area contributed by atoms with E-state index in [0.717, 1.165) is 0 Å². The number of aliphatic imine (C=N–C) groups is 1. The highest BCUT2D eigenvalue weighted by Crippen LogP contribution is 2.24. The van der Waals surface area contributed by atoms with Crippen molar-refractivity contribution in [2.45, 2.75) is 190 Å². The van der Waals surface area contributed by atoms with Crippen molar-refractivity contribution in [3.05, 3.63) is 71.8 Å². The zero-order valence-corrected chi connectivity index (χ0v) is 56.2. The lowest BCUT2D eigenvalue weighted by molar-refractivity contribution is -0.144. The maximum Gasteiger partial charge on any atom is 0.246 e. The Morgan fingerprint density at radius 2 is 1.11 bits per heavy atom. The fourth-order valence-corrected chi connectivity index (χ4v) is 11.8. The van der Waals surface area contributed by atoms with Gasteiger partial charge in [0.2, 0.25) is 76.8 Å². The van der Waals surface area contributed by atoms with Gasteiger partial charge in [-0.3, -0.25) is 67.3 Å². The van der Waals surface area contributed by atoms with Crippen molar-refractivity contribution in [1.29, 1.82) is 0 Å². The quantitative estimate of drug-likeness (QED) is 0.0176. The molecule has 13 amide bonds. The summed E-state index contributed by atoms with van der Waals surface area (Å²) in [7, 11) is 0. The zero-order chi connectivity index (χ0) is 71.1. The standard InChI is InChI=1S/C64H100N18O13S/c1-38(2)34-46(56(89)75-42(53(69)86)28-33-96-4)74-52(85)37-73-62(95)64(3,36-40-18-9-6-10-19-40)80-57(90)47(35-39-16-7-5-8-17-39)79-55(88)43(24-26-50(67)83)76-54(87)44(25-27-51(68)84)77-58(91)49-23-15-32-82(49)61(94)45(21-11-12-29-65)78-59(92)48-22-14-31-81(48)60(93)41(66)20-13-30-72-63(70)71/h5-10,16-19,38,41-49H,11-15,20-37,65-66H2,1-4H3,(H2,67,83)(H2,68,84)(H2,69,86)(H,73,95)(H,74,85)(H,75,89)(H,76,87)(H,77,91)(H,78,92)(H,79,88)(H,80,90)(H4,70,71,72)/t41-,42-,43-,44-,45-,46-,47-,48-,49-,64-/m0/s1. The lowest BCUT2D eigenvalue weighted by atomic mass is 9.90. The fourth-order valence-electron chi connectivity index (χ4n) is 11.3. The fraction of sp³-hybridized carbons (Fsp3) is 0.594. The predicted octanol–water partition coefficient (Wildman–Crippen LogP) is -3.32. The van der Waals surface area contributed by atoms with Crippen LogP contribution in [-0.2, 0) is 75.2 Å². The first-order chi connectivity index (χ1) is 45.6. The number of carbonyl (C=O) groups excluding carboxylic acids is 13. The maximum absolute atomic E-state index is 14.9. The van der Waals surface area contributed by atoms with Crippen molar-refractivity contribution in [2.75, 3.05) is 44.7 Å². The second-order valence-corrected chi connectivity index (χ2v) is 25.8. The molecule has 2 saturated heterocycles. The molecule has 0 bridgehead atoms. The highest BCUT2D eigenvalue weighted by Gasteiger charge is 2.43. The van der Waals surface area contributed by atoms with Crippen LogP contribution in [0.1, 0.15) is 128 Å². The van der Waals surface area contributed by atoms with Crippen LogP contribution < -0.4 is 82.7 Å². The third-order valence-electron chi connectivity index (χ3n) is 16.4. The number of unbranched alkanes of at least 4 members (excludes halogenated alkanes) is 1. The van der Waals surface area contributed by atoms with Gasteiger partial charge in [0.1, 0.15) is 53.9 Å². The summed E-state index contributed by atoms with van der Waals surface area (Å²) in [5, 5.41) is 21.3. The SMILES string of the molecule is CSCC[C@H](NC(=O)[C@H](CC(C)C)NC(=O)CNC(=O)[C@](C)(Cc1ccccc1)NC(=O)[C@H](Cc1ccccc1)NC(=O)[C@H](CCC(N)=O)NC(=O)[C@H](CCC(N)=O)NC(=O)[C@@H]1CCCN1C(=O)[C@H](CCCCN)NC(=O)[C@@H]1CCCN1C(=O)[C@@H](N)CCCN=C(N)N)C(N)=O. The van der Waals surface area contributed by atoms with Crippen LogP contribution in [0.2, 0.25) is 0 Å². The number of carbonyl (C=O) groups is 13. The van der Waals surface area contributed by atoms with Gasteiger partial charge in [-0.2, -0.15) is 11.8 Å². The van der Waals surface area contributed by atoms with Crippen LogP contribution in [0.5, 0.6) is 0 Å². The zero-order valence-electron chi connectivity index (χ0n) is 55.4. The first-order valence-corrected chi connectivity index (χ1v) is 33.9. The third-order valence-corrected chi connectivity index (χ3v) is 17.0. The summed E-state index contributed by atoms with van der Waals surface area (Å²) in [6.45, 7) is 5.26. The lowest BCUT2D eigenvalue weighted by Gasteiger charge is -2.32. The largest absolute Gasteiger partial charge is 0.370 e. The Bertz CT molecular complexity index is 3020. The molecule has 22 N–H and O–H groups in total. The first-order valence-electron chi connectivity index (χ1n) is 32.5. The highest BCUT2D eigenvalue weighted by atomic mass is 32.2. The number of rotatable bonds is 42. The minimum Gasteiger partial charge on any atom is -0.370 e. The molecule has 31 nitrogen and oxygen atoms in total. The number of thioether (sulfide) groups is 1. The Kier molecular flexibility index (Phi) is 33.5. The number of nitrogens with one attached hydrogen (secondary N) is 8. The van der Waals surface area contributed by atoms with Gasteiger partial charge in [0.15, 0.2) is 5.96 Å². The second kappa shape index (κ2) is 40.5.